The first-order valence-electron chi connectivity index (χ1n) is 4.81. The standard InChI is InChI=1S/C10H8N4O3S/c15-7-2-1-6(8(16)3-7)4-12-14-9(17)5-11-13-10(14)18/h1-5,15-16H,(H,13,18)/b12-4+. The average molecular weight is 264 g/mol. The van der Waals surface area contributed by atoms with Crippen LogP contribution in [-0.4, -0.2) is 31.3 Å². The molecule has 0 spiro atoms. The number of rotatable bonds is 2. The van der Waals surface area contributed by atoms with Gasteiger partial charge in [0.2, 0.25) is 4.77 Å². The van der Waals surface area contributed by atoms with Crippen LogP contribution in [0.15, 0.2) is 34.3 Å². The van der Waals surface area contributed by atoms with Gasteiger partial charge in [-0.2, -0.15) is 14.9 Å². The maximum absolute atomic E-state index is 11.4. The normalized spacial score (nSPS) is 10.9. The Bertz CT molecular complexity index is 691. The minimum Gasteiger partial charge on any atom is -0.508 e. The summed E-state index contributed by atoms with van der Waals surface area (Å²) in [6, 6.07) is 4.00. The van der Waals surface area contributed by atoms with Gasteiger partial charge in [-0.25, -0.2) is 0 Å². The summed E-state index contributed by atoms with van der Waals surface area (Å²) >= 11 is 4.84. The SMILES string of the molecule is O=c1cn[nH]c(=S)n1/N=C/c1ccc(O)cc1O. The second-order valence-corrected chi connectivity index (χ2v) is 3.70. The fourth-order valence-corrected chi connectivity index (χ4v) is 1.41. The van der Waals surface area contributed by atoms with E-state index in [2.05, 4.69) is 15.3 Å². The van der Waals surface area contributed by atoms with Crippen molar-refractivity contribution in [3.8, 4) is 11.5 Å². The Morgan fingerprint density at radius 1 is 1.44 bits per heavy atom. The first kappa shape index (κ1) is 12.0. The highest BCUT2D eigenvalue weighted by Crippen LogP contribution is 2.20. The number of phenols is 2. The lowest BCUT2D eigenvalue weighted by atomic mass is 10.2. The van der Waals surface area contributed by atoms with E-state index in [1.54, 1.807) is 0 Å². The maximum Gasteiger partial charge on any atom is 0.293 e. The lowest BCUT2D eigenvalue weighted by Gasteiger charge is -2.00. The van der Waals surface area contributed by atoms with Crippen molar-refractivity contribution in [1.82, 2.24) is 14.9 Å². The Balaban J connectivity index is 2.42. The van der Waals surface area contributed by atoms with Crippen LogP contribution in [0.25, 0.3) is 0 Å². The van der Waals surface area contributed by atoms with Crippen molar-refractivity contribution in [3.05, 3.63) is 45.1 Å². The summed E-state index contributed by atoms with van der Waals surface area (Å²) in [6.45, 7) is 0. The molecule has 0 saturated carbocycles. The molecule has 3 N–H and O–H groups in total. The fourth-order valence-electron chi connectivity index (χ4n) is 1.22. The maximum atomic E-state index is 11.4. The number of aromatic amines is 1. The zero-order valence-corrected chi connectivity index (χ0v) is 9.76. The van der Waals surface area contributed by atoms with Crippen LogP contribution in [0.1, 0.15) is 5.56 Å². The van der Waals surface area contributed by atoms with E-state index < -0.39 is 5.56 Å². The van der Waals surface area contributed by atoms with Crippen LogP contribution in [0.3, 0.4) is 0 Å². The Hall–Kier alpha value is -2.48. The minimum absolute atomic E-state index is 0.0389. The molecular formula is C10H8N4O3S. The lowest BCUT2D eigenvalue weighted by Crippen LogP contribution is -2.18. The van der Waals surface area contributed by atoms with Gasteiger partial charge in [-0.1, -0.05) is 0 Å². The quantitative estimate of drug-likeness (QED) is 0.544. The molecule has 1 aromatic carbocycles. The smallest absolute Gasteiger partial charge is 0.293 e. The Morgan fingerprint density at radius 3 is 2.89 bits per heavy atom. The summed E-state index contributed by atoms with van der Waals surface area (Å²) in [5.41, 5.74) is -0.154. The molecule has 7 nitrogen and oxygen atoms in total. The molecule has 0 radical (unpaired) electrons. The summed E-state index contributed by atoms with van der Waals surface area (Å²) in [5.74, 6) is -0.223. The van der Waals surface area contributed by atoms with Gasteiger partial charge in [-0.05, 0) is 24.4 Å². The third kappa shape index (κ3) is 2.43. The first-order chi connectivity index (χ1) is 8.58. The molecule has 0 bridgehead atoms. The largest absolute Gasteiger partial charge is 0.508 e. The molecule has 92 valence electrons. The average Bonchev–Trinajstić information content (AvgIpc) is 2.31. The van der Waals surface area contributed by atoms with Crippen LogP contribution in [0, 0.1) is 4.77 Å². The fraction of sp³-hybridized carbons (Fsp3) is 0. The van der Waals surface area contributed by atoms with Crippen LogP contribution >= 0.6 is 12.2 Å². The molecule has 1 aromatic heterocycles. The molecule has 0 aliphatic carbocycles. The summed E-state index contributed by atoms with van der Waals surface area (Å²) in [7, 11) is 0. The number of hydrogen-bond donors (Lipinski definition) is 3. The van der Waals surface area contributed by atoms with Gasteiger partial charge >= 0.3 is 0 Å². The second kappa shape index (κ2) is 4.80. The lowest BCUT2D eigenvalue weighted by molar-refractivity contribution is 0.450. The van der Waals surface area contributed by atoms with Gasteiger partial charge in [0.05, 0.1) is 6.21 Å². The van der Waals surface area contributed by atoms with Crippen LogP contribution in [0.5, 0.6) is 11.5 Å². The molecule has 2 aromatic rings. The number of aromatic nitrogens is 3. The van der Waals surface area contributed by atoms with Gasteiger partial charge in [-0.15, -0.1) is 0 Å². The van der Waals surface area contributed by atoms with E-state index in [1.165, 1.54) is 18.3 Å². The summed E-state index contributed by atoms with van der Waals surface area (Å²) in [6.07, 6.45) is 2.28. The highest BCUT2D eigenvalue weighted by molar-refractivity contribution is 7.71. The number of aromatic hydroxyl groups is 2. The Morgan fingerprint density at radius 2 is 2.22 bits per heavy atom. The van der Waals surface area contributed by atoms with Crippen molar-refractivity contribution in [3.63, 3.8) is 0 Å². The predicted molar refractivity (Wildman–Crippen MR) is 66.4 cm³/mol. The summed E-state index contributed by atoms with van der Waals surface area (Å²) < 4.78 is 0.964. The summed E-state index contributed by atoms with van der Waals surface area (Å²) in [5, 5.41) is 28.4. The third-order valence-electron chi connectivity index (χ3n) is 2.06. The molecule has 8 heteroatoms. The molecule has 0 unspecified atom stereocenters. The molecule has 0 aliphatic heterocycles. The molecule has 0 saturated heterocycles. The first-order valence-corrected chi connectivity index (χ1v) is 5.22. The highest BCUT2D eigenvalue weighted by atomic mass is 32.1. The second-order valence-electron chi connectivity index (χ2n) is 3.31. The van der Waals surface area contributed by atoms with Crippen LogP contribution in [0.2, 0.25) is 0 Å². The van der Waals surface area contributed by atoms with Gasteiger partial charge in [-0.3, -0.25) is 9.89 Å². The van der Waals surface area contributed by atoms with E-state index in [0.29, 0.717) is 5.56 Å². The van der Waals surface area contributed by atoms with Crippen LogP contribution < -0.4 is 5.56 Å². The summed E-state index contributed by atoms with van der Waals surface area (Å²) in [4.78, 5) is 11.4. The van der Waals surface area contributed by atoms with Crippen LogP contribution in [0.4, 0.5) is 0 Å². The molecular weight excluding hydrogens is 256 g/mol. The van der Waals surface area contributed by atoms with Gasteiger partial charge in [0, 0.05) is 11.6 Å². The molecule has 0 amide bonds. The number of nitrogens with one attached hydrogen (secondary N) is 1. The number of hydrogen-bond acceptors (Lipinski definition) is 6. The molecule has 18 heavy (non-hydrogen) atoms. The number of H-pyrrole nitrogens is 1. The van der Waals surface area contributed by atoms with Crippen LogP contribution in [-0.2, 0) is 0 Å². The van der Waals surface area contributed by atoms with Crippen molar-refractivity contribution in [1.29, 1.82) is 0 Å². The molecule has 0 aliphatic rings. The zero-order chi connectivity index (χ0) is 13.1. The minimum atomic E-state index is -0.492. The van der Waals surface area contributed by atoms with Crippen molar-refractivity contribution >= 4 is 18.4 Å². The van der Waals surface area contributed by atoms with E-state index in [0.717, 1.165) is 16.9 Å². The van der Waals surface area contributed by atoms with Gasteiger partial charge in [0.1, 0.15) is 17.7 Å². The van der Waals surface area contributed by atoms with E-state index in [9.17, 15) is 9.90 Å². The topological polar surface area (TPSA) is 104 Å². The van der Waals surface area contributed by atoms with E-state index in [4.69, 9.17) is 17.3 Å². The predicted octanol–water partition coefficient (Wildman–Crippen LogP) is 0.594. The van der Waals surface area contributed by atoms with E-state index in [-0.39, 0.29) is 16.3 Å². The number of nitrogens with zero attached hydrogens (tertiary/aromatic N) is 3. The monoisotopic (exact) mass is 264 g/mol. The zero-order valence-electron chi connectivity index (χ0n) is 8.94. The van der Waals surface area contributed by atoms with Crippen molar-refractivity contribution < 1.29 is 10.2 Å². The van der Waals surface area contributed by atoms with Gasteiger partial charge in [0.15, 0.2) is 0 Å². The molecule has 0 fully saturated rings. The molecule has 0 atom stereocenters. The number of benzene rings is 1. The van der Waals surface area contributed by atoms with Gasteiger partial charge < -0.3 is 10.2 Å². The van der Waals surface area contributed by atoms with E-state index >= 15 is 0 Å². The van der Waals surface area contributed by atoms with Crippen molar-refractivity contribution in [2.24, 2.45) is 5.10 Å². The Labute approximate surface area is 106 Å². The molecule has 1 heterocycles. The molecule has 2 rings (SSSR count). The van der Waals surface area contributed by atoms with Crippen molar-refractivity contribution in [2.45, 2.75) is 0 Å². The Kier molecular flexibility index (Phi) is 3.20. The highest BCUT2D eigenvalue weighted by Gasteiger charge is 2.00. The number of phenolic OH excluding ortho intramolecular Hbond substituents is 2. The van der Waals surface area contributed by atoms with Gasteiger partial charge in [0.25, 0.3) is 5.56 Å². The third-order valence-corrected chi connectivity index (χ3v) is 2.33. The van der Waals surface area contributed by atoms with Crippen molar-refractivity contribution in [2.75, 3.05) is 0 Å². The van der Waals surface area contributed by atoms with E-state index in [1.807, 2.05) is 0 Å².